The molecule has 0 spiro atoms. The van der Waals surface area contributed by atoms with Crippen molar-refractivity contribution in [3.8, 4) is 5.75 Å². The second-order valence-corrected chi connectivity index (χ2v) is 7.14. The van der Waals surface area contributed by atoms with E-state index in [1.54, 1.807) is 6.07 Å². The molecule has 30 heavy (non-hydrogen) atoms. The molecule has 0 bridgehead atoms. The fraction of sp³-hybridized carbons (Fsp3) is 0.333. The summed E-state index contributed by atoms with van der Waals surface area (Å²) in [4.78, 5) is 28.8. The molecule has 0 unspecified atom stereocenters. The lowest BCUT2D eigenvalue weighted by atomic mass is 10.1. The fourth-order valence-corrected chi connectivity index (χ4v) is 3.51. The van der Waals surface area contributed by atoms with Crippen LogP contribution in [0, 0.1) is 0 Å². The Balaban J connectivity index is 1.54. The molecule has 0 atom stereocenters. The molecule has 2 amide bonds. The van der Waals surface area contributed by atoms with Crippen LogP contribution in [0.5, 0.6) is 5.75 Å². The molecule has 158 valence electrons. The average molecular weight is 408 g/mol. The van der Waals surface area contributed by atoms with E-state index in [4.69, 9.17) is 4.74 Å². The molecule has 0 radical (unpaired) electrons. The van der Waals surface area contributed by atoms with Crippen molar-refractivity contribution in [3.05, 3.63) is 71.8 Å². The molecular weight excluding hydrogens is 378 g/mol. The van der Waals surface area contributed by atoms with Gasteiger partial charge in [-0.2, -0.15) is 0 Å². The third kappa shape index (κ3) is 4.89. The predicted molar refractivity (Wildman–Crippen MR) is 118 cm³/mol. The van der Waals surface area contributed by atoms with Crippen molar-refractivity contribution in [1.82, 2.24) is 15.1 Å². The van der Waals surface area contributed by atoms with Gasteiger partial charge in [-0.05, 0) is 25.2 Å². The van der Waals surface area contributed by atoms with Crippen LogP contribution in [0.2, 0.25) is 0 Å². The number of ether oxygens (including phenoxy) is 1. The van der Waals surface area contributed by atoms with Crippen molar-refractivity contribution in [1.29, 1.82) is 0 Å². The molecule has 1 N–H and O–H groups in total. The summed E-state index contributed by atoms with van der Waals surface area (Å²) in [6.45, 7) is 11.9. The minimum atomic E-state index is -0.241. The summed E-state index contributed by atoms with van der Waals surface area (Å²) in [6.07, 6.45) is 0. The zero-order chi connectivity index (χ0) is 21.5. The first-order valence-electron chi connectivity index (χ1n) is 10.3. The molecule has 0 aromatic heterocycles. The van der Waals surface area contributed by atoms with E-state index in [0.29, 0.717) is 24.4 Å². The maximum atomic E-state index is 12.6. The lowest BCUT2D eigenvalue weighted by Gasteiger charge is -2.19. The van der Waals surface area contributed by atoms with Crippen LogP contribution in [0.3, 0.4) is 0 Å². The van der Waals surface area contributed by atoms with Gasteiger partial charge in [0, 0.05) is 35.5 Å². The number of nitrogens with zero attached hydrogens (tertiary/aromatic N) is 2. The summed E-state index contributed by atoms with van der Waals surface area (Å²) in [5.74, 6) is 0.333. The largest absolute Gasteiger partial charge is 0.492 e. The zero-order valence-electron chi connectivity index (χ0n) is 17.7. The number of fused-ring (bicyclic) bond motifs is 1. The monoisotopic (exact) mass is 407 g/mol. The molecule has 3 rings (SSSR count). The molecule has 0 aliphatic carbocycles. The maximum absolute atomic E-state index is 12.6. The molecule has 0 saturated heterocycles. The summed E-state index contributed by atoms with van der Waals surface area (Å²) in [6, 6.07) is 15.0. The molecule has 1 heterocycles. The third-order valence-electron chi connectivity index (χ3n) is 5.35. The van der Waals surface area contributed by atoms with Gasteiger partial charge in [0.15, 0.2) is 0 Å². The SMILES string of the molecule is C=C1c2ccccc2C(=O)N1CC(=O)NCc1ccccc1OCCN(CC)CC. The highest BCUT2D eigenvalue weighted by molar-refractivity contribution is 6.10. The number of para-hydroxylation sites is 1. The van der Waals surface area contributed by atoms with E-state index in [0.717, 1.165) is 36.5 Å². The topological polar surface area (TPSA) is 61.9 Å². The Morgan fingerprint density at radius 3 is 2.43 bits per heavy atom. The molecule has 0 saturated carbocycles. The van der Waals surface area contributed by atoms with Gasteiger partial charge in [0.2, 0.25) is 5.91 Å². The first-order valence-corrected chi connectivity index (χ1v) is 10.3. The van der Waals surface area contributed by atoms with Crippen LogP contribution in [0.4, 0.5) is 0 Å². The minimum absolute atomic E-state index is 0.0582. The second-order valence-electron chi connectivity index (χ2n) is 7.14. The van der Waals surface area contributed by atoms with Gasteiger partial charge in [-0.3, -0.25) is 14.5 Å². The van der Waals surface area contributed by atoms with Gasteiger partial charge in [-0.1, -0.05) is 56.8 Å². The Morgan fingerprint density at radius 1 is 1.07 bits per heavy atom. The Labute approximate surface area is 178 Å². The first kappa shape index (κ1) is 21.6. The quantitative estimate of drug-likeness (QED) is 0.657. The van der Waals surface area contributed by atoms with Crippen LogP contribution >= 0.6 is 0 Å². The Hall–Kier alpha value is -3.12. The van der Waals surface area contributed by atoms with Crippen molar-refractivity contribution in [2.24, 2.45) is 0 Å². The molecule has 1 aliphatic heterocycles. The zero-order valence-corrected chi connectivity index (χ0v) is 17.7. The Kier molecular flexibility index (Phi) is 7.25. The van der Waals surface area contributed by atoms with E-state index in [2.05, 4.69) is 30.6 Å². The highest BCUT2D eigenvalue weighted by Gasteiger charge is 2.31. The number of likely N-dealkylation sites (N-methyl/N-ethyl adjacent to an activating group) is 1. The van der Waals surface area contributed by atoms with Gasteiger partial charge >= 0.3 is 0 Å². The number of benzene rings is 2. The van der Waals surface area contributed by atoms with E-state index in [1.807, 2.05) is 42.5 Å². The summed E-state index contributed by atoms with van der Waals surface area (Å²) < 4.78 is 5.94. The van der Waals surface area contributed by atoms with Crippen molar-refractivity contribution in [3.63, 3.8) is 0 Å². The molecule has 6 heteroatoms. The number of rotatable bonds is 10. The van der Waals surface area contributed by atoms with Crippen LogP contribution in [0.25, 0.3) is 5.70 Å². The number of carbonyl (C=O) groups excluding carboxylic acids is 2. The highest BCUT2D eigenvalue weighted by Crippen LogP contribution is 2.30. The van der Waals surface area contributed by atoms with E-state index in [1.165, 1.54) is 4.90 Å². The van der Waals surface area contributed by atoms with Gasteiger partial charge in [0.25, 0.3) is 5.91 Å². The third-order valence-corrected chi connectivity index (χ3v) is 5.35. The standard InChI is InChI=1S/C24H29N3O3/c1-4-26(5-2)14-15-30-22-13-9-6-10-19(22)16-25-23(28)17-27-18(3)20-11-7-8-12-21(20)24(27)29/h6-13H,3-5,14-17H2,1-2H3,(H,25,28). The van der Waals surface area contributed by atoms with E-state index >= 15 is 0 Å². The normalized spacial score (nSPS) is 13.0. The van der Waals surface area contributed by atoms with Crippen LogP contribution in [-0.4, -0.2) is 54.4 Å². The summed E-state index contributed by atoms with van der Waals surface area (Å²) in [5, 5.41) is 2.89. The molecule has 1 aliphatic rings. The van der Waals surface area contributed by atoms with Gasteiger partial charge in [-0.25, -0.2) is 0 Å². The van der Waals surface area contributed by atoms with E-state index < -0.39 is 0 Å². The van der Waals surface area contributed by atoms with Crippen molar-refractivity contribution in [2.45, 2.75) is 20.4 Å². The van der Waals surface area contributed by atoms with Crippen molar-refractivity contribution >= 4 is 17.5 Å². The first-order chi connectivity index (χ1) is 14.5. The fourth-order valence-electron chi connectivity index (χ4n) is 3.51. The van der Waals surface area contributed by atoms with Gasteiger partial charge in [0.1, 0.15) is 18.9 Å². The van der Waals surface area contributed by atoms with Crippen molar-refractivity contribution < 1.29 is 14.3 Å². The van der Waals surface area contributed by atoms with Crippen LogP contribution in [0.1, 0.15) is 35.3 Å². The Bertz CT molecular complexity index is 886. The summed E-state index contributed by atoms with van der Waals surface area (Å²) >= 11 is 0. The number of nitrogens with one attached hydrogen (secondary N) is 1. The lowest BCUT2D eigenvalue weighted by Crippen LogP contribution is -2.36. The van der Waals surface area contributed by atoms with Crippen LogP contribution < -0.4 is 10.1 Å². The van der Waals surface area contributed by atoms with E-state index in [9.17, 15) is 9.59 Å². The van der Waals surface area contributed by atoms with E-state index in [-0.39, 0.29) is 18.4 Å². The molecule has 2 aromatic carbocycles. The molecule has 6 nitrogen and oxygen atoms in total. The predicted octanol–water partition coefficient (Wildman–Crippen LogP) is 3.15. The summed E-state index contributed by atoms with van der Waals surface area (Å²) in [7, 11) is 0. The summed E-state index contributed by atoms with van der Waals surface area (Å²) in [5.41, 5.74) is 2.83. The number of hydrogen-bond donors (Lipinski definition) is 1. The lowest BCUT2D eigenvalue weighted by molar-refractivity contribution is -0.121. The van der Waals surface area contributed by atoms with Crippen molar-refractivity contribution in [2.75, 3.05) is 32.8 Å². The van der Waals surface area contributed by atoms with Gasteiger partial charge < -0.3 is 15.0 Å². The second kappa shape index (κ2) is 10.1. The Morgan fingerprint density at radius 2 is 1.73 bits per heavy atom. The molecule has 0 fully saturated rings. The number of amides is 2. The molecular formula is C24H29N3O3. The number of carbonyl (C=O) groups is 2. The van der Waals surface area contributed by atoms with Gasteiger partial charge in [0.05, 0.1) is 0 Å². The minimum Gasteiger partial charge on any atom is -0.492 e. The molecule has 2 aromatic rings. The maximum Gasteiger partial charge on any atom is 0.259 e. The highest BCUT2D eigenvalue weighted by atomic mass is 16.5. The average Bonchev–Trinajstić information content (AvgIpc) is 3.01. The van der Waals surface area contributed by atoms with Crippen LogP contribution in [0.15, 0.2) is 55.1 Å². The van der Waals surface area contributed by atoms with Crippen LogP contribution in [-0.2, 0) is 11.3 Å². The smallest absolute Gasteiger partial charge is 0.259 e. The van der Waals surface area contributed by atoms with Gasteiger partial charge in [-0.15, -0.1) is 0 Å². The number of hydrogen-bond acceptors (Lipinski definition) is 4.